The van der Waals surface area contributed by atoms with Crippen molar-refractivity contribution in [1.29, 1.82) is 0 Å². The number of hydrogen-bond donors (Lipinski definition) is 2. The number of ether oxygens (including phenoxy) is 2. The number of alkyl carbamates (subject to hydrolysis) is 1. The first-order valence-corrected chi connectivity index (χ1v) is 13.7. The second-order valence-electron chi connectivity index (χ2n) is 11.1. The minimum atomic E-state index is -0.635. The molecule has 2 N–H and O–H groups in total. The van der Waals surface area contributed by atoms with Crippen molar-refractivity contribution in [3.63, 3.8) is 0 Å². The Morgan fingerprint density at radius 2 is 1.50 bits per heavy atom. The number of rotatable bonds is 9. The van der Waals surface area contributed by atoms with Crippen molar-refractivity contribution in [2.45, 2.75) is 44.8 Å². The van der Waals surface area contributed by atoms with Gasteiger partial charge in [0.25, 0.3) is 0 Å². The monoisotopic (exact) mass is 541 g/mol. The molecular formula is C32H36BNO6. The van der Waals surface area contributed by atoms with Crippen molar-refractivity contribution in [2.24, 2.45) is 0 Å². The van der Waals surface area contributed by atoms with Gasteiger partial charge in [-0.3, -0.25) is 0 Å². The number of carbonyl (C=O) groups excluding carboxylic acids is 1. The van der Waals surface area contributed by atoms with E-state index in [1.165, 1.54) is 22.3 Å². The van der Waals surface area contributed by atoms with Gasteiger partial charge in [0.05, 0.1) is 17.8 Å². The van der Waals surface area contributed by atoms with E-state index in [2.05, 4.69) is 29.6 Å². The molecule has 40 heavy (non-hydrogen) atoms. The Kier molecular flexibility index (Phi) is 8.03. The maximum Gasteiger partial charge on any atom is 0.492 e. The highest BCUT2D eigenvalue weighted by Crippen LogP contribution is 2.44. The van der Waals surface area contributed by atoms with E-state index < -0.39 is 24.4 Å². The van der Waals surface area contributed by atoms with Gasteiger partial charge in [-0.1, -0.05) is 66.7 Å². The lowest BCUT2D eigenvalue weighted by atomic mass is 9.77. The third kappa shape index (κ3) is 5.80. The molecule has 0 aromatic heterocycles. The van der Waals surface area contributed by atoms with Crippen molar-refractivity contribution in [1.82, 2.24) is 5.32 Å². The quantitative estimate of drug-likeness (QED) is 0.343. The molecule has 1 fully saturated rings. The number of benzene rings is 3. The molecular weight excluding hydrogens is 505 g/mol. The van der Waals surface area contributed by atoms with Crippen LogP contribution in [0.2, 0.25) is 0 Å². The van der Waals surface area contributed by atoms with Gasteiger partial charge in [0.2, 0.25) is 0 Å². The fourth-order valence-corrected chi connectivity index (χ4v) is 5.06. The number of amides is 1. The van der Waals surface area contributed by atoms with Crippen LogP contribution >= 0.6 is 0 Å². The van der Waals surface area contributed by atoms with E-state index in [9.17, 15) is 4.79 Å². The first-order chi connectivity index (χ1) is 19.2. The highest BCUT2D eigenvalue weighted by molar-refractivity contribution is 6.56. The second kappa shape index (κ2) is 11.5. The summed E-state index contributed by atoms with van der Waals surface area (Å²) in [5.74, 6) is 0.656. The van der Waals surface area contributed by atoms with Gasteiger partial charge in [0, 0.05) is 12.5 Å². The van der Waals surface area contributed by atoms with E-state index in [0.29, 0.717) is 5.75 Å². The van der Waals surface area contributed by atoms with Crippen LogP contribution < -0.4 is 10.1 Å². The number of carbonyl (C=O) groups is 1. The van der Waals surface area contributed by atoms with E-state index in [1.807, 2.05) is 82.3 Å². The van der Waals surface area contributed by atoms with Crippen LogP contribution in [0.4, 0.5) is 4.79 Å². The molecule has 7 nitrogen and oxygen atoms in total. The fourth-order valence-electron chi connectivity index (χ4n) is 5.06. The third-order valence-electron chi connectivity index (χ3n) is 7.93. The summed E-state index contributed by atoms with van der Waals surface area (Å²) in [6, 6.07) is 24.0. The molecule has 2 aliphatic rings. The molecule has 1 aliphatic heterocycles. The van der Waals surface area contributed by atoms with Crippen LogP contribution in [0.1, 0.15) is 50.3 Å². The van der Waals surface area contributed by atoms with Gasteiger partial charge in [-0.25, -0.2) is 4.79 Å². The van der Waals surface area contributed by atoms with Gasteiger partial charge in [-0.15, -0.1) is 0 Å². The molecule has 0 radical (unpaired) electrons. The molecule has 5 rings (SSSR count). The first-order valence-electron chi connectivity index (χ1n) is 13.7. The molecule has 0 bridgehead atoms. The van der Waals surface area contributed by atoms with Crippen LogP contribution in [-0.4, -0.2) is 55.9 Å². The molecule has 8 heteroatoms. The van der Waals surface area contributed by atoms with Crippen LogP contribution in [0.15, 0.2) is 78.3 Å². The average molecular weight is 541 g/mol. The molecule has 1 saturated heterocycles. The molecule has 3 aromatic carbocycles. The van der Waals surface area contributed by atoms with E-state index >= 15 is 0 Å². The highest BCUT2D eigenvalue weighted by Gasteiger charge is 2.52. The minimum Gasteiger partial charge on any atom is -0.491 e. The molecule has 208 valence electrons. The van der Waals surface area contributed by atoms with Crippen molar-refractivity contribution in [2.75, 3.05) is 26.4 Å². The van der Waals surface area contributed by atoms with E-state index in [0.717, 1.165) is 11.0 Å². The molecule has 1 aliphatic carbocycles. The standard InChI is InChI=1S/C32H36BNO6/c1-31(2)32(3,4)40-33(39-31)23(19-22-13-15-24(16-14-22)37-18-17-35)20-34-30(36)38-21-29-27-11-7-5-9-25(27)26-10-6-8-12-28(26)29/h5-16,19,29,35H,17-18,20-21H2,1-4H3,(H,34,36). The number of aliphatic hydroxyl groups excluding tert-OH is 1. The van der Waals surface area contributed by atoms with Crippen molar-refractivity contribution in [3.8, 4) is 16.9 Å². The van der Waals surface area contributed by atoms with Crippen LogP contribution in [-0.2, 0) is 14.0 Å². The van der Waals surface area contributed by atoms with Crippen LogP contribution in [0.3, 0.4) is 0 Å². The number of nitrogens with one attached hydrogen (secondary N) is 1. The zero-order valence-corrected chi connectivity index (χ0v) is 23.5. The Morgan fingerprint density at radius 3 is 2.08 bits per heavy atom. The van der Waals surface area contributed by atoms with Gasteiger partial charge in [-0.2, -0.15) is 0 Å². The van der Waals surface area contributed by atoms with E-state index in [1.54, 1.807) is 0 Å². The van der Waals surface area contributed by atoms with E-state index in [-0.39, 0.29) is 32.3 Å². The summed E-state index contributed by atoms with van der Waals surface area (Å²) in [5.41, 5.74) is 5.31. The molecule has 0 unspecified atom stereocenters. The maximum atomic E-state index is 12.9. The van der Waals surface area contributed by atoms with Crippen LogP contribution in [0.25, 0.3) is 17.2 Å². The topological polar surface area (TPSA) is 86.2 Å². The largest absolute Gasteiger partial charge is 0.492 e. The smallest absolute Gasteiger partial charge is 0.491 e. The normalized spacial score (nSPS) is 17.3. The van der Waals surface area contributed by atoms with Crippen LogP contribution in [0, 0.1) is 0 Å². The summed E-state index contributed by atoms with van der Waals surface area (Å²) in [4.78, 5) is 12.9. The summed E-state index contributed by atoms with van der Waals surface area (Å²) >= 11 is 0. The van der Waals surface area contributed by atoms with Crippen molar-refractivity contribution >= 4 is 19.3 Å². The van der Waals surface area contributed by atoms with Gasteiger partial charge < -0.3 is 29.2 Å². The number of hydrogen-bond acceptors (Lipinski definition) is 6. The van der Waals surface area contributed by atoms with Gasteiger partial charge in [0.15, 0.2) is 0 Å². The molecule has 0 spiro atoms. The number of aliphatic hydroxyl groups is 1. The SMILES string of the molecule is CC1(C)OB(C(=Cc2ccc(OCCO)cc2)CNC(=O)OCC2c3ccccc3-c3ccccc32)OC1(C)C. The lowest BCUT2D eigenvalue weighted by Crippen LogP contribution is -2.41. The summed E-state index contributed by atoms with van der Waals surface area (Å²) < 4.78 is 23.8. The van der Waals surface area contributed by atoms with Gasteiger partial charge in [-0.05, 0) is 73.1 Å². The highest BCUT2D eigenvalue weighted by atomic mass is 16.7. The first kappa shape index (κ1) is 28.0. The predicted octanol–water partition coefficient (Wildman–Crippen LogP) is 5.61. The minimum absolute atomic E-state index is 0.0113. The Balaban J connectivity index is 1.28. The summed E-state index contributed by atoms with van der Waals surface area (Å²) in [6.45, 7) is 8.61. The third-order valence-corrected chi connectivity index (χ3v) is 7.93. The van der Waals surface area contributed by atoms with Crippen molar-refractivity contribution < 1.29 is 28.7 Å². The Morgan fingerprint density at radius 1 is 0.925 bits per heavy atom. The summed E-state index contributed by atoms with van der Waals surface area (Å²) in [7, 11) is -0.635. The van der Waals surface area contributed by atoms with Gasteiger partial charge in [0.1, 0.15) is 19.0 Å². The summed E-state index contributed by atoms with van der Waals surface area (Å²) in [6.07, 6.45) is 1.44. The lowest BCUT2D eigenvalue weighted by Gasteiger charge is -2.32. The van der Waals surface area contributed by atoms with E-state index in [4.69, 9.17) is 23.9 Å². The number of fused-ring (bicyclic) bond motifs is 3. The Labute approximate surface area is 236 Å². The van der Waals surface area contributed by atoms with Gasteiger partial charge >= 0.3 is 13.2 Å². The lowest BCUT2D eigenvalue weighted by molar-refractivity contribution is 0.00578. The zero-order chi connectivity index (χ0) is 28.3. The Hall–Kier alpha value is -3.59. The maximum absolute atomic E-state index is 12.9. The predicted molar refractivity (Wildman–Crippen MR) is 156 cm³/mol. The summed E-state index contributed by atoms with van der Waals surface area (Å²) in [5, 5.41) is 11.9. The Bertz CT molecular complexity index is 1320. The average Bonchev–Trinajstić information content (AvgIpc) is 3.38. The molecule has 3 aromatic rings. The molecule has 1 amide bonds. The molecule has 1 heterocycles. The molecule has 0 atom stereocenters. The van der Waals surface area contributed by atoms with Crippen molar-refractivity contribution in [3.05, 3.63) is 95.0 Å². The van der Waals surface area contributed by atoms with Crippen LogP contribution in [0.5, 0.6) is 5.75 Å². The zero-order valence-electron chi connectivity index (χ0n) is 23.5. The molecule has 0 saturated carbocycles. The fraction of sp³-hybridized carbons (Fsp3) is 0.344. The second-order valence-corrected chi connectivity index (χ2v) is 11.1.